The molecule has 2 fully saturated rings. The van der Waals surface area contributed by atoms with Gasteiger partial charge in [0.2, 0.25) is 0 Å². The van der Waals surface area contributed by atoms with Crippen LogP contribution in [0.4, 0.5) is 11.4 Å². The molecule has 4 rings (SSSR count). The summed E-state index contributed by atoms with van der Waals surface area (Å²) in [5.41, 5.74) is 1.16. The van der Waals surface area contributed by atoms with E-state index in [0.717, 1.165) is 11.8 Å². The summed E-state index contributed by atoms with van der Waals surface area (Å²) in [5, 5.41) is 14.4. The second-order valence-electron chi connectivity index (χ2n) is 7.15. The minimum absolute atomic E-state index is 0.0658. The Balaban J connectivity index is 1.64. The molecule has 2 atom stereocenters. The second kappa shape index (κ2) is 8.22. The predicted molar refractivity (Wildman–Crippen MR) is 123 cm³/mol. The van der Waals surface area contributed by atoms with Crippen molar-refractivity contribution in [3.8, 4) is 0 Å². The number of amides is 2. The number of thioether (sulfide) groups is 1. The average molecular weight is 455 g/mol. The SMILES string of the molecule is C[C@@H]1[C@H](N2C(=O)/C(=C/c3cccc([N+](=O)[O-])c3)SC2=S)C(=O)N(c2ccccc2)N1C. The lowest BCUT2D eigenvalue weighted by Crippen LogP contribution is -2.48. The number of carbonyl (C=O) groups is 2. The Hall–Kier alpha value is -3.08. The Bertz CT molecular complexity index is 1120. The second-order valence-corrected chi connectivity index (χ2v) is 8.82. The molecule has 0 spiro atoms. The van der Waals surface area contributed by atoms with Crippen LogP contribution in [0.3, 0.4) is 0 Å². The maximum atomic E-state index is 13.3. The summed E-state index contributed by atoms with van der Waals surface area (Å²) >= 11 is 6.53. The topological polar surface area (TPSA) is 87.0 Å². The van der Waals surface area contributed by atoms with Gasteiger partial charge in [-0.05, 0) is 30.7 Å². The number of nitro groups is 1. The highest BCUT2D eigenvalue weighted by Crippen LogP contribution is 2.38. The number of benzene rings is 2. The molecule has 2 aromatic rings. The molecule has 2 aliphatic rings. The molecule has 8 nitrogen and oxygen atoms in total. The largest absolute Gasteiger partial charge is 0.278 e. The molecular weight excluding hydrogens is 436 g/mol. The maximum absolute atomic E-state index is 13.3. The van der Waals surface area contributed by atoms with E-state index in [1.165, 1.54) is 17.0 Å². The van der Waals surface area contributed by atoms with Crippen LogP contribution in [0.1, 0.15) is 12.5 Å². The van der Waals surface area contributed by atoms with E-state index in [2.05, 4.69) is 0 Å². The van der Waals surface area contributed by atoms with Gasteiger partial charge < -0.3 is 0 Å². The standard InChI is InChI=1S/C21H18N4O4S2/c1-13-18(20(27)24(22(13)2)15-8-4-3-5-9-15)23-19(26)17(31-21(23)30)12-14-7-6-10-16(11-14)25(28)29/h3-13,18H,1-2H3/b17-12-/t13-,18+/m1/s1. The first-order valence-electron chi connectivity index (χ1n) is 9.43. The van der Waals surface area contributed by atoms with Crippen LogP contribution < -0.4 is 5.01 Å². The normalized spacial score (nSPS) is 23.3. The van der Waals surface area contributed by atoms with Gasteiger partial charge >= 0.3 is 0 Å². The highest BCUT2D eigenvalue weighted by molar-refractivity contribution is 8.26. The zero-order valence-electron chi connectivity index (χ0n) is 16.7. The summed E-state index contributed by atoms with van der Waals surface area (Å²) in [6, 6.07) is 14.1. The van der Waals surface area contributed by atoms with Crippen molar-refractivity contribution in [2.45, 2.75) is 19.0 Å². The van der Waals surface area contributed by atoms with Gasteiger partial charge in [-0.15, -0.1) is 0 Å². The van der Waals surface area contributed by atoms with Crippen molar-refractivity contribution in [3.63, 3.8) is 0 Å². The molecule has 2 heterocycles. The third kappa shape index (κ3) is 3.73. The fourth-order valence-corrected chi connectivity index (χ4v) is 5.01. The summed E-state index contributed by atoms with van der Waals surface area (Å²) in [7, 11) is 1.80. The van der Waals surface area contributed by atoms with Crippen LogP contribution in [0, 0.1) is 10.1 Å². The first kappa shape index (κ1) is 21.2. The van der Waals surface area contributed by atoms with Crippen LogP contribution in [0.15, 0.2) is 59.5 Å². The van der Waals surface area contributed by atoms with Crippen LogP contribution in [0.25, 0.3) is 6.08 Å². The summed E-state index contributed by atoms with van der Waals surface area (Å²) in [6.45, 7) is 1.87. The maximum Gasteiger partial charge on any atom is 0.270 e. The number of likely N-dealkylation sites (N-methyl/N-ethyl adjacent to an activating group) is 1. The Morgan fingerprint density at radius 2 is 1.84 bits per heavy atom. The highest BCUT2D eigenvalue weighted by Gasteiger charge is 2.51. The predicted octanol–water partition coefficient (Wildman–Crippen LogP) is 3.45. The van der Waals surface area contributed by atoms with Crippen molar-refractivity contribution in [3.05, 3.63) is 75.2 Å². The van der Waals surface area contributed by atoms with Gasteiger partial charge in [0.1, 0.15) is 10.4 Å². The Morgan fingerprint density at radius 1 is 1.13 bits per heavy atom. The number of carbonyl (C=O) groups excluding carboxylic acids is 2. The third-order valence-electron chi connectivity index (χ3n) is 5.30. The lowest BCUT2D eigenvalue weighted by Gasteiger charge is -2.26. The zero-order valence-corrected chi connectivity index (χ0v) is 18.3. The quantitative estimate of drug-likeness (QED) is 0.303. The molecule has 2 aliphatic heterocycles. The number of nitrogens with zero attached hydrogens (tertiary/aromatic N) is 4. The van der Waals surface area contributed by atoms with Gasteiger partial charge in [0.15, 0.2) is 0 Å². The van der Waals surface area contributed by atoms with Crippen LogP contribution >= 0.6 is 24.0 Å². The van der Waals surface area contributed by atoms with Crippen molar-refractivity contribution in [1.29, 1.82) is 0 Å². The van der Waals surface area contributed by atoms with E-state index in [0.29, 0.717) is 16.2 Å². The van der Waals surface area contributed by atoms with Crippen LogP contribution in [0.5, 0.6) is 0 Å². The van der Waals surface area contributed by atoms with Gasteiger partial charge in [0.25, 0.3) is 17.5 Å². The lowest BCUT2D eigenvalue weighted by atomic mass is 10.1. The van der Waals surface area contributed by atoms with E-state index in [9.17, 15) is 19.7 Å². The number of thiocarbonyl (C=S) groups is 1. The average Bonchev–Trinajstić information content (AvgIpc) is 3.14. The molecule has 0 unspecified atom stereocenters. The summed E-state index contributed by atoms with van der Waals surface area (Å²) in [5.74, 6) is -0.621. The van der Waals surface area contributed by atoms with Crippen LogP contribution in [0.2, 0.25) is 0 Å². The third-order valence-corrected chi connectivity index (χ3v) is 6.64. The molecule has 0 N–H and O–H groups in total. The fraction of sp³-hybridized carbons (Fsp3) is 0.190. The molecule has 31 heavy (non-hydrogen) atoms. The van der Waals surface area contributed by atoms with Crippen LogP contribution in [-0.2, 0) is 9.59 Å². The Morgan fingerprint density at radius 3 is 2.52 bits per heavy atom. The Labute approximate surface area is 188 Å². The van der Waals surface area contributed by atoms with Gasteiger partial charge in [-0.25, -0.2) is 10.0 Å². The van der Waals surface area contributed by atoms with Crippen molar-refractivity contribution in [2.75, 3.05) is 12.1 Å². The number of para-hydroxylation sites is 1. The monoisotopic (exact) mass is 454 g/mol. The molecule has 0 radical (unpaired) electrons. The van der Waals surface area contributed by atoms with Gasteiger partial charge in [0, 0.05) is 19.2 Å². The number of rotatable bonds is 4. The van der Waals surface area contributed by atoms with E-state index in [4.69, 9.17) is 12.2 Å². The van der Waals surface area contributed by atoms with Crippen molar-refractivity contribution < 1.29 is 14.5 Å². The molecule has 2 amide bonds. The van der Waals surface area contributed by atoms with E-state index >= 15 is 0 Å². The molecule has 0 aromatic heterocycles. The minimum Gasteiger partial charge on any atom is -0.278 e. The fourth-order valence-electron chi connectivity index (χ4n) is 3.68. The van der Waals surface area contributed by atoms with Gasteiger partial charge in [-0.3, -0.25) is 24.6 Å². The molecule has 0 saturated carbocycles. The van der Waals surface area contributed by atoms with Crippen molar-refractivity contribution in [2.24, 2.45) is 0 Å². The highest BCUT2D eigenvalue weighted by atomic mass is 32.2. The van der Waals surface area contributed by atoms with E-state index in [-0.39, 0.29) is 27.9 Å². The number of hydrazine groups is 1. The first-order valence-corrected chi connectivity index (χ1v) is 10.7. The zero-order chi connectivity index (χ0) is 22.3. The number of nitro benzene ring substituents is 1. The van der Waals surface area contributed by atoms with Crippen molar-refractivity contribution >= 4 is 57.6 Å². The van der Waals surface area contributed by atoms with Gasteiger partial charge in [0.05, 0.1) is 21.6 Å². The van der Waals surface area contributed by atoms with Crippen molar-refractivity contribution in [1.82, 2.24) is 9.91 Å². The molecule has 2 aromatic carbocycles. The molecular formula is C21H18N4O4S2. The van der Waals surface area contributed by atoms with Gasteiger partial charge in [-0.1, -0.05) is 54.3 Å². The van der Waals surface area contributed by atoms with E-state index < -0.39 is 11.0 Å². The summed E-state index contributed by atoms with van der Waals surface area (Å²) < 4.78 is 0.287. The first-order chi connectivity index (χ1) is 14.8. The van der Waals surface area contributed by atoms with Gasteiger partial charge in [-0.2, -0.15) is 0 Å². The smallest absolute Gasteiger partial charge is 0.270 e. The Kier molecular flexibility index (Phi) is 5.61. The molecule has 2 saturated heterocycles. The lowest BCUT2D eigenvalue weighted by molar-refractivity contribution is -0.384. The molecule has 10 heteroatoms. The minimum atomic E-state index is -0.770. The van der Waals surface area contributed by atoms with E-state index in [1.54, 1.807) is 35.3 Å². The summed E-state index contributed by atoms with van der Waals surface area (Å²) in [4.78, 5) is 38.7. The number of non-ortho nitro benzene ring substituents is 1. The number of anilines is 1. The molecule has 0 aliphatic carbocycles. The molecule has 0 bridgehead atoms. The summed E-state index contributed by atoms with van der Waals surface area (Å²) in [6.07, 6.45) is 1.56. The van der Waals surface area contributed by atoms with Crippen LogP contribution in [-0.4, -0.2) is 50.1 Å². The van der Waals surface area contributed by atoms with E-state index in [1.807, 2.05) is 37.3 Å². The number of hydrogen-bond donors (Lipinski definition) is 0. The molecule has 158 valence electrons. The number of hydrogen-bond acceptors (Lipinski definition) is 7.